The van der Waals surface area contributed by atoms with Gasteiger partial charge in [0.2, 0.25) is 5.95 Å². The van der Waals surface area contributed by atoms with Crippen LogP contribution in [0, 0.1) is 6.92 Å². The molecule has 0 spiro atoms. The first-order valence-corrected chi connectivity index (χ1v) is 10.00. The number of nitrogens with one attached hydrogen (secondary N) is 2. The maximum absolute atomic E-state index is 13.3. The number of methoxy groups -OCH3 is 1. The average Bonchev–Trinajstić information content (AvgIpc) is 3.18. The Balaban J connectivity index is 1.80. The molecule has 154 valence electrons. The molecular formula is C21H20BrN5O3. The predicted octanol–water partition coefficient (Wildman–Crippen LogP) is 3.99. The summed E-state index contributed by atoms with van der Waals surface area (Å²) in [5.41, 5.74) is 3.65. The lowest BCUT2D eigenvalue weighted by Gasteiger charge is -2.29. The van der Waals surface area contributed by atoms with E-state index in [4.69, 9.17) is 4.74 Å². The molecule has 8 nitrogen and oxygen atoms in total. The molecule has 0 aliphatic carbocycles. The van der Waals surface area contributed by atoms with E-state index in [1.807, 2.05) is 38.1 Å². The number of nitrogens with zero attached hydrogens (tertiary/aromatic N) is 3. The van der Waals surface area contributed by atoms with Crippen molar-refractivity contribution in [2.75, 3.05) is 17.7 Å². The van der Waals surface area contributed by atoms with E-state index >= 15 is 0 Å². The molecule has 1 unspecified atom stereocenters. The molecule has 4 rings (SSSR count). The minimum Gasteiger partial charge on any atom is -0.503 e. The van der Waals surface area contributed by atoms with E-state index in [1.165, 1.54) is 13.4 Å². The third-order valence-electron chi connectivity index (χ3n) is 4.93. The number of benzene rings is 2. The molecule has 0 bridgehead atoms. The van der Waals surface area contributed by atoms with E-state index in [-0.39, 0.29) is 17.4 Å². The van der Waals surface area contributed by atoms with Crippen molar-refractivity contribution >= 4 is 33.5 Å². The van der Waals surface area contributed by atoms with Crippen LogP contribution in [0.2, 0.25) is 0 Å². The number of amides is 1. The molecule has 0 radical (unpaired) electrons. The smallest absolute Gasteiger partial charge is 0.255 e. The maximum Gasteiger partial charge on any atom is 0.255 e. The Hall–Kier alpha value is -3.33. The molecule has 2 aromatic carbocycles. The summed E-state index contributed by atoms with van der Waals surface area (Å²) in [6, 6.07) is 10.4. The number of aromatic nitrogens is 3. The lowest BCUT2D eigenvalue weighted by molar-refractivity contribution is -0.113. The second kappa shape index (κ2) is 7.83. The Bertz CT molecular complexity index is 1150. The monoisotopic (exact) mass is 469 g/mol. The molecule has 0 saturated carbocycles. The SMILES string of the molecule is COc1cc(C2C(C(=O)Nc3ccc(C)cc3)=C(C)Nc3ncnn32)cc(Br)c1O. The third-order valence-corrected chi connectivity index (χ3v) is 5.54. The number of carbonyl (C=O) groups is 1. The van der Waals surface area contributed by atoms with Crippen LogP contribution in [0.5, 0.6) is 11.5 Å². The molecule has 1 aliphatic rings. The third kappa shape index (κ3) is 3.52. The van der Waals surface area contributed by atoms with E-state index in [9.17, 15) is 9.90 Å². The number of ether oxygens (including phenoxy) is 1. The van der Waals surface area contributed by atoms with Gasteiger partial charge in [0.1, 0.15) is 12.4 Å². The number of fused-ring (bicyclic) bond motifs is 1. The molecule has 0 fully saturated rings. The molecule has 1 amide bonds. The summed E-state index contributed by atoms with van der Waals surface area (Å²) >= 11 is 3.36. The number of hydrogen-bond acceptors (Lipinski definition) is 6. The van der Waals surface area contributed by atoms with Gasteiger partial charge < -0.3 is 20.5 Å². The van der Waals surface area contributed by atoms with Crippen molar-refractivity contribution in [3.8, 4) is 11.5 Å². The second-order valence-electron chi connectivity index (χ2n) is 6.97. The van der Waals surface area contributed by atoms with Crippen LogP contribution in [0.3, 0.4) is 0 Å². The minimum absolute atomic E-state index is 0.0136. The zero-order valence-corrected chi connectivity index (χ0v) is 18.2. The first-order chi connectivity index (χ1) is 14.4. The fourth-order valence-corrected chi connectivity index (χ4v) is 3.90. The molecule has 1 atom stereocenters. The van der Waals surface area contributed by atoms with Gasteiger partial charge in [-0.1, -0.05) is 17.7 Å². The molecule has 9 heteroatoms. The number of phenolic OH excluding ortho intramolecular Hbond substituents is 1. The van der Waals surface area contributed by atoms with Crippen molar-refractivity contribution in [2.24, 2.45) is 0 Å². The van der Waals surface area contributed by atoms with E-state index in [1.54, 1.807) is 16.8 Å². The highest BCUT2D eigenvalue weighted by Crippen LogP contribution is 2.42. The zero-order chi connectivity index (χ0) is 21.4. The van der Waals surface area contributed by atoms with Crippen molar-refractivity contribution in [3.63, 3.8) is 0 Å². The summed E-state index contributed by atoms with van der Waals surface area (Å²) in [6.45, 7) is 3.81. The fourth-order valence-electron chi connectivity index (χ4n) is 3.44. The summed E-state index contributed by atoms with van der Waals surface area (Å²) < 4.78 is 7.38. The van der Waals surface area contributed by atoms with Gasteiger partial charge in [-0.25, -0.2) is 4.68 Å². The molecular weight excluding hydrogens is 450 g/mol. The normalized spacial score (nSPS) is 15.4. The van der Waals surface area contributed by atoms with Crippen molar-refractivity contribution in [1.29, 1.82) is 0 Å². The van der Waals surface area contributed by atoms with Crippen LogP contribution in [0.15, 0.2) is 58.5 Å². The fraction of sp³-hybridized carbons (Fsp3) is 0.190. The number of phenols is 1. The van der Waals surface area contributed by atoms with E-state index in [2.05, 4.69) is 36.6 Å². The van der Waals surface area contributed by atoms with Gasteiger partial charge in [-0.05, 0) is 59.6 Å². The van der Waals surface area contributed by atoms with E-state index in [0.29, 0.717) is 32.9 Å². The van der Waals surface area contributed by atoms with Crippen LogP contribution in [-0.4, -0.2) is 32.9 Å². The highest BCUT2D eigenvalue weighted by atomic mass is 79.9. The summed E-state index contributed by atoms with van der Waals surface area (Å²) in [7, 11) is 1.47. The van der Waals surface area contributed by atoms with Crippen molar-refractivity contribution < 1.29 is 14.6 Å². The van der Waals surface area contributed by atoms with Crippen molar-refractivity contribution in [2.45, 2.75) is 19.9 Å². The number of rotatable bonds is 4. The lowest BCUT2D eigenvalue weighted by atomic mass is 9.94. The summed E-state index contributed by atoms with van der Waals surface area (Å²) in [4.78, 5) is 17.6. The van der Waals surface area contributed by atoms with Gasteiger partial charge in [0.15, 0.2) is 11.5 Å². The van der Waals surface area contributed by atoms with E-state index in [0.717, 1.165) is 5.56 Å². The number of allylic oxidation sites excluding steroid dienone is 1. The molecule has 1 aromatic heterocycles. The number of hydrogen-bond donors (Lipinski definition) is 3. The Morgan fingerprint density at radius 3 is 2.70 bits per heavy atom. The maximum atomic E-state index is 13.3. The van der Waals surface area contributed by atoms with Gasteiger partial charge in [-0.2, -0.15) is 10.1 Å². The first kappa shape index (κ1) is 20.0. The van der Waals surface area contributed by atoms with Crippen molar-refractivity contribution in [1.82, 2.24) is 14.8 Å². The number of halogens is 1. The second-order valence-corrected chi connectivity index (χ2v) is 7.82. The Morgan fingerprint density at radius 2 is 2.00 bits per heavy atom. The minimum atomic E-state index is -0.569. The first-order valence-electron chi connectivity index (χ1n) is 9.20. The molecule has 1 aliphatic heterocycles. The quantitative estimate of drug-likeness (QED) is 0.533. The molecule has 0 saturated heterocycles. The van der Waals surface area contributed by atoms with Crippen LogP contribution in [0.4, 0.5) is 11.6 Å². The van der Waals surface area contributed by atoms with Gasteiger partial charge >= 0.3 is 0 Å². The van der Waals surface area contributed by atoms with Gasteiger partial charge in [-0.15, -0.1) is 0 Å². The molecule has 30 heavy (non-hydrogen) atoms. The van der Waals surface area contributed by atoms with Crippen LogP contribution < -0.4 is 15.4 Å². The highest BCUT2D eigenvalue weighted by molar-refractivity contribution is 9.10. The Morgan fingerprint density at radius 1 is 1.27 bits per heavy atom. The number of anilines is 2. The Labute approximate surface area is 181 Å². The van der Waals surface area contributed by atoms with Gasteiger partial charge in [0.05, 0.1) is 17.2 Å². The highest BCUT2D eigenvalue weighted by Gasteiger charge is 2.34. The van der Waals surface area contributed by atoms with Gasteiger partial charge in [0.25, 0.3) is 5.91 Å². The van der Waals surface area contributed by atoms with Gasteiger partial charge in [0, 0.05) is 11.4 Å². The van der Waals surface area contributed by atoms with Crippen molar-refractivity contribution in [3.05, 3.63) is 69.6 Å². The van der Waals surface area contributed by atoms with E-state index < -0.39 is 6.04 Å². The van der Waals surface area contributed by atoms with Crippen LogP contribution in [0.25, 0.3) is 0 Å². The number of aromatic hydroxyl groups is 1. The summed E-state index contributed by atoms with van der Waals surface area (Å²) in [5.74, 6) is 0.529. The topological polar surface area (TPSA) is 101 Å². The number of carbonyl (C=O) groups excluding carboxylic acids is 1. The summed E-state index contributed by atoms with van der Waals surface area (Å²) in [5, 5.41) is 20.6. The summed E-state index contributed by atoms with van der Waals surface area (Å²) in [6.07, 6.45) is 1.43. The zero-order valence-electron chi connectivity index (χ0n) is 16.6. The Kier molecular flexibility index (Phi) is 5.21. The predicted molar refractivity (Wildman–Crippen MR) is 117 cm³/mol. The average molecular weight is 470 g/mol. The number of aryl methyl sites for hydroxylation is 1. The lowest BCUT2D eigenvalue weighted by Crippen LogP contribution is -2.31. The molecule has 3 aromatic rings. The van der Waals surface area contributed by atoms with Gasteiger partial charge in [-0.3, -0.25) is 4.79 Å². The van der Waals surface area contributed by atoms with Crippen LogP contribution in [-0.2, 0) is 4.79 Å². The molecule has 3 N–H and O–H groups in total. The van der Waals surface area contributed by atoms with Crippen LogP contribution >= 0.6 is 15.9 Å². The molecule has 2 heterocycles. The van der Waals surface area contributed by atoms with Crippen LogP contribution in [0.1, 0.15) is 24.1 Å². The standard InChI is InChI=1S/C21H20BrN5O3/c1-11-4-6-14(7-5-11)26-20(29)17-12(2)25-21-23-10-24-27(21)18(17)13-8-15(22)19(28)16(9-13)30-3/h4-10,18,28H,1-3H3,(H,26,29)(H,23,24,25). The largest absolute Gasteiger partial charge is 0.503 e.